The van der Waals surface area contributed by atoms with E-state index in [1.807, 2.05) is 6.92 Å². The van der Waals surface area contributed by atoms with Gasteiger partial charge in [0, 0.05) is 13.0 Å². The van der Waals surface area contributed by atoms with Gasteiger partial charge in [-0.1, -0.05) is 33.6 Å². The topological polar surface area (TPSA) is 50.7 Å². The van der Waals surface area contributed by atoms with Gasteiger partial charge in [0.15, 0.2) is 0 Å². The van der Waals surface area contributed by atoms with Gasteiger partial charge < -0.3 is 10.2 Å². The maximum absolute atomic E-state index is 11.8. The maximum Gasteiger partial charge on any atom is 0.354 e. The van der Waals surface area contributed by atoms with E-state index in [0.29, 0.717) is 18.7 Å². The smallest absolute Gasteiger partial charge is 0.354 e. The number of nitrogens with zero attached hydrogens (tertiary/aromatic N) is 1. The minimum Gasteiger partial charge on any atom is -0.461 e. The Balaban J connectivity index is 2.45. The standard InChI is InChI=1S/C14H26N2O2/c1-5-18-13(17)12(10-14(2,3)4)16-15-9-8-11-6-7-11/h11,15H,5-10H2,1-4H3/b16-12-. The minimum atomic E-state index is -0.300. The summed E-state index contributed by atoms with van der Waals surface area (Å²) in [7, 11) is 0. The molecule has 0 atom stereocenters. The number of rotatable bonds is 7. The van der Waals surface area contributed by atoms with Crippen molar-refractivity contribution in [2.45, 2.75) is 53.4 Å². The summed E-state index contributed by atoms with van der Waals surface area (Å²) in [6.07, 6.45) is 4.47. The molecule has 0 aromatic rings. The summed E-state index contributed by atoms with van der Waals surface area (Å²) >= 11 is 0. The molecule has 0 aliphatic heterocycles. The highest BCUT2D eigenvalue weighted by atomic mass is 16.5. The molecule has 0 heterocycles. The van der Waals surface area contributed by atoms with Gasteiger partial charge in [0.1, 0.15) is 5.71 Å². The summed E-state index contributed by atoms with van der Waals surface area (Å²) in [4.78, 5) is 11.8. The lowest BCUT2D eigenvalue weighted by molar-refractivity contribution is -0.135. The number of hydrogen-bond acceptors (Lipinski definition) is 4. The Bertz CT molecular complexity index is 301. The number of hydrazone groups is 1. The molecule has 1 rings (SSSR count). The van der Waals surface area contributed by atoms with Gasteiger partial charge >= 0.3 is 5.97 Å². The van der Waals surface area contributed by atoms with E-state index in [1.165, 1.54) is 12.8 Å². The molecule has 0 saturated heterocycles. The molecule has 4 heteroatoms. The van der Waals surface area contributed by atoms with Crippen LogP contribution in [-0.4, -0.2) is 24.8 Å². The normalized spacial score (nSPS) is 16.6. The third-order valence-corrected chi connectivity index (χ3v) is 2.78. The van der Waals surface area contributed by atoms with Crippen molar-refractivity contribution >= 4 is 11.7 Å². The zero-order chi connectivity index (χ0) is 13.6. The predicted molar refractivity (Wildman–Crippen MR) is 73.5 cm³/mol. The van der Waals surface area contributed by atoms with Gasteiger partial charge in [0.2, 0.25) is 0 Å². The number of carbonyl (C=O) groups excluding carboxylic acids is 1. The molecule has 1 N–H and O–H groups in total. The molecule has 0 bridgehead atoms. The Kier molecular flexibility index (Phi) is 5.63. The predicted octanol–water partition coefficient (Wildman–Crippen LogP) is 2.73. The molecule has 104 valence electrons. The van der Waals surface area contributed by atoms with E-state index in [1.54, 1.807) is 0 Å². The van der Waals surface area contributed by atoms with E-state index in [0.717, 1.165) is 18.9 Å². The average Bonchev–Trinajstić information content (AvgIpc) is 3.05. The maximum atomic E-state index is 11.8. The molecular weight excluding hydrogens is 228 g/mol. The molecule has 4 nitrogen and oxygen atoms in total. The van der Waals surface area contributed by atoms with Crippen LogP contribution in [0.15, 0.2) is 5.10 Å². The molecule has 1 aliphatic rings. The second-order valence-corrected chi connectivity index (χ2v) is 6.16. The highest BCUT2D eigenvalue weighted by Gasteiger charge is 2.22. The highest BCUT2D eigenvalue weighted by Crippen LogP contribution is 2.31. The molecular formula is C14H26N2O2. The van der Waals surface area contributed by atoms with Gasteiger partial charge in [0.25, 0.3) is 0 Å². The SMILES string of the molecule is CCOC(=O)/C(CC(C)(C)C)=N\NCCC1CC1. The van der Waals surface area contributed by atoms with Gasteiger partial charge in [-0.05, 0) is 24.7 Å². The van der Waals surface area contributed by atoms with Crippen LogP contribution in [0, 0.1) is 11.3 Å². The van der Waals surface area contributed by atoms with Crippen molar-refractivity contribution < 1.29 is 9.53 Å². The first-order valence-electron chi connectivity index (χ1n) is 6.89. The second kappa shape index (κ2) is 6.76. The van der Waals surface area contributed by atoms with Crippen molar-refractivity contribution in [3.05, 3.63) is 0 Å². The summed E-state index contributed by atoms with van der Waals surface area (Å²) in [5, 5.41) is 4.22. The lowest BCUT2D eigenvalue weighted by atomic mass is 9.89. The van der Waals surface area contributed by atoms with E-state index < -0.39 is 0 Å². The molecule has 0 amide bonds. The van der Waals surface area contributed by atoms with Crippen LogP contribution in [0.1, 0.15) is 53.4 Å². The number of hydrogen-bond donors (Lipinski definition) is 1. The zero-order valence-electron chi connectivity index (χ0n) is 12.1. The Morgan fingerprint density at radius 2 is 2.06 bits per heavy atom. The van der Waals surface area contributed by atoms with Gasteiger partial charge in [-0.2, -0.15) is 5.10 Å². The van der Waals surface area contributed by atoms with E-state index in [4.69, 9.17) is 4.74 Å². The number of ether oxygens (including phenoxy) is 1. The van der Waals surface area contributed by atoms with Gasteiger partial charge in [-0.3, -0.25) is 0 Å². The van der Waals surface area contributed by atoms with E-state index in [2.05, 4.69) is 31.3 Å². The monoisotopic (exact) mass is 254 g/mol. The van der Waals surface area contributed by atoms with Crippen molar-refractivity contribution in [3.8, 4) is 0 Å². The van der Waals surface area contributed by atoms with Crippen LogP contribution in [0.4, 0.5) is 0 Å². The third-order valence-electron chi connectivity index (χ3n) is 2.78. The van der Waals surface area contributed by atoms with Gasteiger partial charge in [-0.15, -0.1) is 0 Å². The lowest BCUT2D eigenvalue weighted by Crippen LogP contribution is -2.26. The first-order valence-corrected chi connectivity index (χ1v) is 6.89. The molecule has 0 spiro atoms. The fraction of sp³-hybridized carbons (Fsp3) is 0.857. The van der Waals surface area contributed by atoms with Crippen molar-refractivity contribution in [2.75, 3.05) is 13.2 Å². The average molecular weight is 254 g/mol. The van der Waals surface area contributed by atoms with Gasteiger partial charge in [0.05, 0.1) is 6.61 Å². The third kappa shape index (κ3) is 6.62. The number of esters is 1. The zero-order valence-corrected chi connectivity index (χ0v) is 12.1. The molecule has 1 aliphatic carbocycles. The summed E-state index contributed by atoms with van der Waals surface area (Å²) in [6.45, 7) is 9.32. The van der Waals surface area contributed by atoms with Crippen LogP contribution < -0.4 is 5.43 Å². The van der Waals surface area contributed by atoms with Crippen molar-refractivity contribution in [3.63, 3.8) is 0 Å². The highest BCUT2D eigenvalue weighted by molar-refractivity contribution is 6.36. The van der Waals surface area contributed by atoms with Gasteiger partial charge in [-0.25, -0.2) is 4.79 Å². The van der Waals surface area contributed by atoms with Crippen LogP contribution in [0.25, 0.3) is 0 Å². The molecule has 0 aromatic carbocycles. The largest absolute Gasteiger partial charge is 0.461 e. The van der Waals surface area contributed by atoms with Crippen molar-refractivity contribution in [1.29, 1.82) is 0 Å². The fourth-order valence-electron chi connectivity index (χ4n) is 1.70. The Hall–Kier alpha value is -1.06. The fourth-order valence-corrected chi connectivity index (χ4v) is 1.70. The number of nitrogens with one attached hydrogen (secondary N) is 1. The van der Waals surface area contributed by atoms with Crippen molar-refractivity contribution in [2.24, 2.45) is 16.4 Å². The van der Waals surface area contributed by atoms with Crippen LogP contribution >= 0.6 is 0 Å². The Labute approximate surface area is 110 Å². The first-order chi connectivity index (χ1) is 8.42. The molecule has 1 saturated carbocycles. The van der Waals surface area contributed by atoms with E-state index in [9.17, 15) is 4.79 Å². The second-order valence-electron chi connectivity index (χ2n) is 6.16. The van der Waals surface area contributed by atoms with E-state index >= 15 is 0 Å². The van der Waals surface area contributed by atoms with Crippen LogP contribution in [0.5, 0.6) is 0 Å². The minimum absolute atomic E-state index is 0.0315. The molecule has 0 unspecified atom stereocenters. The lowest BCUT2D eigenvalue weighted by Gasteiger charge is -2.18. The van der Waals surface area contributed by atoms with Crippen LogP contribution in [-0.2, 0) is 9.53 Å². The Morgan fingerprint density at radius 1 is 1.39 bits per heavy atom. The van der Waals surface area contributed by atoms with Crippen molar-refractivity contribution in [1.82, 2.24) is 5.43 Å². The summed E-state index contributed by atoms with van der Waals surface area (Å²) in [5.74, 6) is 0.577. The number of carbonyl (C=O) groups is 1. The first kappa shape index (κ1) is 15.0. The Morgan fingerprint density at radius 3 is 2.56 bits per heavy atom. The van der Waals surface area contributed by atoms with E-state index in [-0.39, 0.29) is 11.4 Å². The quantitative estimate of drug-likeness (QED) is 0.329. The summed E-state index contributed by atoms with van der Waals surface area (Å²) < 4.78 is 5.03. The van der Waals surface area contributed by atoms with Crippen LogP contribution in [0.3, 0.4) is 0 Å². The molecule has 0 radical (unpaired) electrons. The summed E-state index contributed by atoms with van der Waals surface area (Å²) in [6, 6.07) is 0. The molecule has 1 fully saturated rings. The molecule has 0 aromatic heterocycles. The summed E-state index contributed by atoms with van der Waals surface area (Å²) in [5.41, 5.74) is 3.54. The van der Waals surface area contributed by atoms with Crippen LogP contribution in [0.2, 0.25) is 0 Å². The molecule has 18 heavy (non-hydrogen) atoms.